The lowest BCUT2D eigenvalue weighted by atomic mass is 9.91. The van der Waals surface area contributed by atoms with Gasteiger partial charge in [-0.15, -0.1) is 11.3 Å². The average molecular weight is 400 g/mol. The molecule has 1 aromatic carbocycles. The zero-order chi connectivity index (χ0) is 19.7. The number of carbonyl (C=O) groups excluding carboxylic acids is 1. The molecule has 28 heavy (non-hydrogen) atoms. The summed E-state index contributed by atoms with van der Waals surface area (Å²) in [4.78, 5) is 20.4. The number of thiazole rings is 1. The monoisotopic (exact) mass is 400 g/mol. The fraction of sp³-hybridized carbons (Fsp3) is 0.316. The predicted molar refractivity (Wildman–Crippen MR) is 109 cm³/mol. The van der Waals surface area contributed by atoms with E-state index in [1.165, 1.54) is 11.3 Å². The van der Waals surface area contributed by atoms with Crippen LogP contribution in [0.25, 0.3) is 10.2 Å². The highest BCUT2D eigenvalue weighted by Crippen LogP contribution is 2.28. The third-order valence-corrected chi connectivity index (χ3v) is 5.77. The number of nitrogens with zero attached hydrogens (tertiary/aromatic N) is 2. The van der Waals surface area contributed by atoms with Crippen LogP contribution in [0, 0.1) is 5.82 Å². The van der Waals surface area contributed by atoms with Crippen molar-refractivity contribution in [1.29, 1.82) is 0 Å². The molecule has 2 aromatic heterocycles. The number of rotatable bonds is 5. The summed E-state index contributed by atoms with van der Waals surface area (Å²) in [7, 11) is 0. The van der Waals surface area contributed by atoms with E-state index in [9.17, 15) is 9.18 Å². The van der Waals surface area contributed by atoms with Gasteiger partial charge in [0, 0.05) is 17.8 Å². The molecule has 1 fully saturated rings. The molecule has 2 heterocycles. The molecule has 6 N–H and O–H groups in total. The molecule has 9 heteroatoms. The van der Waals surface area contributed by atoms with E-state index in [1.807, 2.05) is 18.2 Å². The molecule has 0 saturated heterocycles. The third-order valence-electron chi connectivity index (χ3n) is 4.98. The molecule has 0 aliphatic heterocycles. The van der Waals surface area contributed by atoms with Crippen LogP contribution in [0.3, 0.4) is 0 Å². The number of nitrogens with two attached hydrogens (primary N) is 2. The summed E-state index contributed by atoms with van der Waals surface area (Å²) in [5, 5.41) is 6.19. The minimum atomic E-state index is -0.756. The molecule has 3 aromatic rings. The smallest absolute Gasteiger partial charge is 0.252 e. The van der Waals surface area contributed by atoms with Crippen LogP contribution in [0.5, 0.6) is 0 Å². The van der Waals surface area contributed by atoms with Crippen molar-refractivity contribution in [1.82, 2.24) is 9.97 Å². The normalized spacial score (nSPS) is 19.5. The van der Waals surface area contributed by atoms with Gasteiger partial charge in [-0.3, -0.25) is 4.79 Å². The summed E-state index contributed by atoms with van der Waals surface area (Å²) in [6.45, 7) is 0. The summed E-state index contributed by atoms with van der Waals surface area (Å²) >= 11 is 1.50. The molecule has 0 spiro atoms. The number of fused-ring (bicyclic) bond motifs is 1. The molecule has 146 valence electrons. The van der Waals surface area contributed by atoms with Crippen molar-refractivity contribution < 1.29 is 9.18 Å². The molecule has 0 radical (unpaired) electrons. The molecule has 4 rings (SSSR count). The highest BCUT2D eigenvalue weighted by Gasteiger charge is 2.24. The Hall–Kier alpha value is -2.78. The van der Waals surface area contributed by atoms with Crippen LogP contribution in [0.4, 0.5) is 21.7 Å². The number of pyridine rings is 1. The van der Waals surface area contributed by atoms with Crippen molar-refractivity contribution in [2.45, 2.75) is 37.8 Å². The first-order valence-corrected chi connectivity index (χ1v) is 10.0. The number of anilines is 3. The lowest BCUT2D eigenvalue weighted by molar-refractivity contribution is 0.100. The van der Waals surface area contributed by atoms with E-state index in [2.05, 4.69) is 20.6 Å². The van der Waals surface area contributed by atoms with Crippen LogP contribution >= 0.6 is 11.3 Å². The quantitative estimate of drug-likeness (QED) is 0.521. The standard InChI is InChI=1S/C19H21FN6OS/c20-12-8-11(17(22)27)18(24-10-5-6-15-16(7-10)28-9-23-15)26-19(12)25-14-4-2-1-3-13(14)21/h5-9,13-14H,1-4,21H2,(H2,22,27)(H2,24,25,26)/t13-,14+/m0/s1. The topological polar surface area (TPSA) is 119 Å². The number of carbonyl (C=O) groups is 1. The Labute approximate surface area is 165 Å². The number of hydrogen-bond acceptors (Lipinski definition) is 7. The lowest BCUT2D eigenvalue weighted by Crippen LogP contribution is -2.43. The van der Waals surface area contributed by atoms with E-state index >= 15 is 0 Å². The zero-order valence-corrected chi connectivity index (χ0v) is 15.9. The van der Waals surface area contributed by atoms with Gasteiger partial charge in [0.05, 0.1) is 21.3 Å². The van der Waals surface area contributed by atoms with E-state index in [-0.39, 0.29) is 29.3 Å². The molecule has 1 aliphatic rings. The van der Waals surface area contributed by atoms with Gasteiger partial charge in [0.25, 0.3) is 5.91 Å². The first-order chi connectivity index (χ1) is 13.5. The van der Waals surface area contributed by atoms with E-state index in [0.29, 0.717) is 5.69 Å². The lowest BCUT2D eigenvalue weighted by Gasteiger charge is -2.30. The number of primary amides is 1. The maximum Gasteiger partial charge on any atom is 0.252 e. The van der Waals surface area contributed by atoms with E-state index in [0.717, 1.165) is 42.0 Å². The number of amides is 1. The first kappa shape index (κ1) is 18.6. The maximum absolute atomic E-state index is 14.6. The van der Waals surface area contributed by atoms with Crippen molar-refractivity contribution >= 4 is 44.8 Å². The fourth-order valence-corrected chi connectivity index (χ4v) is 4.17. The number of benzene rings is 1. The molecule has 2 atom stereocenters. The minimum Gasteiger partial charge on any atom is -0.365 e. The average Bonchev–Trinajstić information content (AvgIpc) is 3.13. The second-order valence-corrected chi connectivity index (χ2v) is 7.82. The summed E-state index contributed by atoms with van der Waals surface area (Å²) in [5.74, 6) is -1.12. The van der Waals surface area contributed by atoms with Crippen LogP contribution in [0.15, 0.2) is 29.8 Å². The zero-order valence-electron chi connectivity index (χ0n) is 15.1. The molecule has 1 amide bonds. The second-order valence-electron chi connectivity index (χ2n) is 6.94. The number of nitrogens with one attached hydrogen (secondary N) is 2. The summed E-state index contributed by atoms with van der Waals surface area (Å²) < 4.78 is 15.6. The highest BCUT2D eigenvalue weighted by atomic mass is 32.1. The van der Waals surface area contributed by atoms with Gasteiger partial charge in [0.2, 0.25) is 0 Å². The predicted octanol–water partition coefficient (Wildman–Crippen LogP) is 3.35. The molecule has 0 bridgehead atoms. The van der Waals surface area contributed by atoms with Crippen molar-refractivity contribution in [3.8, 4) is 0 Å². The molecule has 1 saturated carbocycles. The molecule has 0 unspecified atom stereocenters. The Bertz CT molecular complexity index is 1020. The second kappa shape index (κ2) is 7.69. The Morgan fingerprint density at radius 3 is 2.82 bits per heavy atom. The van der Waals surface area contributed by atoms with Crippen molar-refractivity contribution in [3.63, 3.8) is 0 Å². The fourth-order valence-electron chi connectivity index (χ4n) is 3.46. The van der Waals surface area contributed by atoms with Crippen LogP contribution in [-0.4, -0.2) is 28.0 Å². The summed E-state index contributed by atoms with van der Waals surface area (Å²) in [5.41, 5.74) is 14.9. The number of hydrogen-bond donors (Lipinski definition) is 4. The SMILES string of the molecule is NC(=O)c1cc(F)c(N[C@@H]2CCCC[C@@H]2N)nc1Nc1ccc2ncsc2c1. The largest absolute Gasteiger partial charge is 0.365 e. The van der Waals surface area contributed by atoms with Gasteiger partial charge in [0.15, 0.2) is 11.6 Å². The van der Waals surface area contributed by atoms with E-state index in [4.69, 9.17) is 11.5 Å². The maximum atomic E-state index is 14.6. The Morgan fingerprint density at radius 2 is 2.04 bits per heavy atom. The third kappa shape index (κ3) is 3.76. The Balaban J connectivity index is 1.66. The van der Waals surface area contributed by atoms with Crippen LogP contribution in [0.2, 0.25) is 0 Å². The highest BCUT2D eigenvalue weighted by molar-refractivity contribution is 7.16. The molecular formula is C19H21FN6OS. The van der Waals surface area contributed by atoms with Gasteiger partial charge in [-0.05, 0) is 37.1 Å². The van der Waals surface area contributed by atoms with Crippen LogP contribution < -0.4 is 22.1 Å². The van der Waals surface area contributed by atoms with E-state index in [1.54, 1.807) is 5.51 Å². The van der Waals surface area contributed by atoms with Crippen LogP contribution in [-0.2, 0) is 0 Å². The van der Waals surface area contributed by atoms with Gasteiger partial charge in [-0.25, -0.2) is 14.4 Å². The summed E-state index contributed by atoms with van der Waals surface area (Å²) in [6.07, 6.45) is 3.85. The van der Waals surface area contributed by atoms with Crippen molar-refractivity contribution in [2.24, 2.45) is 11.5 Å². The van der Waals surface area contributed by atoms with Crippen molar-refractivity contribution in [2.75, 3.05) is 10.6 Å². The number of aromatic nitrogens is 2. The minimum absolute atomic E-state index is 0.0135. The van der Waals surface area contributed by atoms with Crippen molar-refractivity contribution in [3.05, 3.63) is 41.2 Å². The van der Waals surface area contributed by atoms with Gasteiger partial charge < -0.3 is 22.1 Å². The molecular weight excluding hydrogens is 379 g/mol. The summed E-state index contributed by atoms with van der Waals surface area (Å²) in [6, 6.07) is 6.57. The number of halogens is 1. The van der Waals surface area contributed by atoms with Gasteiger partial charge in [0.1, 0.15) is 5.82 Å². The van der Waals surface area contributed by atoms with E-state index < -0.39 is 11.7 Å². The van der Waals surface area contributed by atoms with Gasteiger partial charge >= 0.3 is 0 Å². The van der Waals surface area contributed by atoms with Crippen LogP contribution in [0.1, 0.15) is 36.0 Å². The Morgan fingerprint density at radius 1 is 1.21 bits per heavy atom. The Kier molecular flexibility index (Phi) is 5.10. The molecule has 1 aliphatic carbocycles. The first-order valence-electron chi connectivity index (χ1n) is 9.14. The van der Waals surface area contributed by atoms with Gasteiger partial charge in [-0.1, -0.05) is 12.8 Å². The molecule has 7 nitrogen and oxygen atoms in total. The van der Waals surface area contributed by atoms with Gasteiger partial charge in [-0.2, -0.15) is 0 Å².